The van der Waals surface area contributed by atoms with Crippen LogP contribution in [-0.2, 0) is 5.41 Å². The standard InChI is InChI=1S/C21H23N5/c1-21(2)13-19(22-18-9-4-3-8-17(18)21)14-6-5-7-15(12-14)20-23-24-25-26(20)16-10-11-16/h3-9,12,16,19,22H,10-11,13H2,1-2H3. The summed E-state index contributed by atoms with van der Waals surface area (Å²) in [6, 6.07) is 18.1. The summed E-state index contributed by atoms with van der Waals surface area (Å²) in [5.41, 5.74) is 5.15. The van der Waals surface area contributed by atoms with Crippen molar-refractivity contribution in [3.05, 3.63) is 59.7 Å². The molecule has 0 radical (unpaired) electrons. The van der Waals surface area contributed by atoms with Gasteiger partial charge in [-0.3, -0.25) is 0 Å². The van der Waals surface area contributed by atoms with Crippen molar-refractivity contribution in [3.8, 4) is 11.4 Å². The van der Waals surface area contributed by atoms with Crippen molar-refractivity contribution in [1.82, 2.24) is 20.2 Å². The number of nitrogens with one attached hydrogen (secondary N) is 1. The predicted molar refractivity (Wildman–Crippen MR) is 102 cm³/mol. The topological polar surface area (TPSA) is 55.6 Å². The third kappa shape index (κ3) is 2.59. The second kappa shape index (κ2) is 5.66. The first-order valence-corrected chi connectivity index (χ1v) is 9.36. The van der Waals surface area contributed by atoms with Crippen LogP contribution in [0.2, 0.25) is 0 Å². The Labute approximate surface area is 153 Å². The van der Waals surface area contributed by atoms with Gasteiger partial charge in [0, 0.05) is 11.3 Å². The van der Waals surface area contributed by atoms with Gasteiger partial charge in [0.2, 0.25) is 0 Å². The Kier molecular flexibility index (Phi) is 3.39. The Balaban J connectivity index is 1.51. The molecule has 1 N–H and O–H groups in total. The second-order valence-corrected chi connectivity index (χ2v) is 8.13. The lowest BCUT2D eigenvalue weighted by Gasteiger charge is -2.39. The lowest BCUT2D eigenvalue weighted by Crippen LogP contribution is -2.31. The number of benzene rings is 2. The molecule has 1 atom stereocenters. The van der Waals surface area contributed by atoms with E-state index < -0.39 is 0 Å². The van der Waals surface area contributed by atoms with E-state index in [1.54, 1.807) is 0 Å². The van der Waals surface area contributed by atoms with E-state index in [-0.39, 0.29) is 11.5 Å². The van der Waals surface area contributed by atoms with Gasteiger partial charge < -0.3 is 5.32 Å². The third-order valence-electron chi connectivity index (χ3n) is 5.63. The molecule has 132 valence electrons. The molecular weight excluding hydrogens is 322 g/mol. The van der Waals surface area contributed by atoms with Crippen molar-refractivity contribution in [2.24, 2.45) is 0 Å². The third-order valence-corrected chi connectivity index (χ3v) is 5.63. The number of hydrogen-bond acceptors (Lipinski definition) is 4. The Morgan fingerprint density at radius 3 is 2.77 bits per heavy atom. The highest BCUT2D eigenvalue weighted by molar-refractivity contribution is 5.61. The minimum absolute atomic E-state index is 0.137. The number of nitrogens with zero attached hydrogens (tertiary/aromatic N) is 4. The van der Waals surface area contributed by atoms with Crippen LogP contribution < -0.4 is 5.32 Å². The highest BCUT2D eigenvalue weighted by Crippen LogP contribution is 2.44. The fourth-order valence-corrected chi connectivity index (χ4v) is 4.10. The van der Waals surface area contributed by atoms with E-state index in [9.17, 15) is 0 Å². The van der Waals surface area contributed by atoms with Crippen molar-refractivity contribution >= 4 is 5.69 Å². The van der Waals surface area contributed by atoms with Gasteiger partial charge >= 0.3 is 0 Å². The molecule has 5 nitrogen and oxygen atoms in total. The maximum atomic E-state index is 4.28. The zero-order chi connectivity index (χ0) is 17.7. The minimum Gasteiger partial charge on any atom is -0.378 e. The van der Waals surface area contributed by atoms with Crippen LogP contribution in [0.15, 0.2) is 48.5 Å². The lowest BCUT2D eigenvalue weighted by atomic mass is 9.74. The lowest BCUT2D eigenvalue weighted by molar-refractivity contribution is 0.427. The molecular formula is C21H23N5. The molecule has 2 aromatic carbocycles. The van der Waals surface area contributed by atoms with E-state index in [1.165, 1.54) is 29.7 Å². The smallest absolute Gasteiger partial charge is 0.182 e. The van der Waals surface area contributed by atoms with E-state index in [0.29, 0.717) is 6.04 Å². The number of aromatic nitrogens is 4. The van der Waals surface area contributed by atoms with Gasteiger partial charge in [-0.15, -0.1) is 5.10 Å². The number of tetrazole rings is 1. The largest absolute Gasteiger partial charge is 0.378 e. The van der Waals surface area contributed by atoms with Crippen molar-refractivity contribution in [2.45, 2.75) is 50.6 Å². The molecule has 1 saturated carbocycles. The highest BCUT2D eigenvalue weighted by atomic mass is 15.6. The highest BCUT2D eigenvalue weighted by Gasteiger charge is 2.33. The number of fused-ring (bicyclic) bond motifs is 1. The molecule has 2 aliphatic rings. The first-order valence-electron chi connectivity index (χ1n) is 9.36. The molecule has 1 aliphatic heterocycles. The van der Waals surface area contributed by atoms with E-state index in [0.717, 1.165) is 17.8 Å². The molecule has 3 aromatic rings. The molecule has 1 aliphatic carbocycles. The first kappa shape index (κ1) is 15.6. The van der Waals surface area contributed by atoms with Crippen molar-refractivity contribution < 1.29 is 0 Å². The van der Waals surface area contributed by atoms with Crippen LogP contribution in [0.4, 0.5) is 5.69 Å². The molecule has 2 heterocycles. The van der Waals surface area contributed by atoms with Gasteiger partial charge in [0.25, 0.3) is 0 Å². The molecule has 5 rings (SSSR count). The van der Waals surface area contributed by atoms with Crippen LogP contribution in [0.1, 0.15) is 56.3 Å². The van der Waals surface area contributed by atoms with Gasteiger partial charge in [-0.05, 0) is 58.4 Å². The van der Waals surface area contributed by atoms with E-state index >= 15 is 0 Å². The molecule has 0 spiro atoms. The summed E-state index contributed by atoms with van der Waals surface area (Å²) >= 11 is 0. The number of para-hydroxylation sites is 1. The Hall–Kier alpha value is -2.69. The second-order valence-electron chi connectivity index (χ2n) is 8.13. The van der Waals surface area contributed by atoms with E-state index in [4.69, 9.17) is 0 Å². The van der Waals surface area contributed by atoms with Crippen LogP contribution in [0.5, 0.6) is 0 Å². The number of rotatable bonds is 3. The molecule has 26 heavy (non-hydrogen) atoms. The van der Waals surface area contributed by atoms with Gasteiger partial charge in [-0.25, -0.2) is 4.68 Å². The van der Waals surface area contributed by atoms with Crippen LogP contribution in [-0.4, -0.2) is 20.2 Å². The monoisotopic (exact) mass is 345 g/mol. The molecule has 1 unspecified atom stereocenters. The van der Waals surface area contributed by atoms with Crippen LogP contribution >= 0.6 is 0 Å². The van der Waals surface area contributed by atoms with Crippen molar-refractivity contribution in [3.63, 3.8) is 0 Å². The maximum absolute atomic E-state index is 4.28. The summed E-state index contributed by atoms with van der Waals surface area (Å²) in [4.78, 5) is 0. The molecule has 1 fully saturated rings. The summed E-state index contributed by atoms with van der Waals surface area (Å²) in [7, 11) is 0. The van der Waals surface area contributed by atoms with Gasteiger partial charge in [-0.2, -0.15) is 0 Å². The molecule has 0 amide bonds. The molecule has 5 heteroatoms. The normalized spacial score (nSPS) is 21.1. The van der Waals surface area contributed by atoms with Crippen molar-refractivity contribution in [2.75, 3.05) is 5.32 Å². The number of anilines is 1. The predicted octanol–water partition coefficient (Wildman–Crippen LogP) is 4.51. The Morgan fingerprint density at radius 1 is 1.08 bits per heavy atom. The van der Waals surface area contributed by atoms with Gasteiger partial charge in [-0.1, -0.05) is 50.2 Å². The minimum atomic E-state index is 0.137. The quantitative estimate of drug-likeness (QED) is 0.759. The van der Waals surface area contributed by atoms with Crippen LogP contribution in [0.3, 0.4) is 0 Å². The summed E-state index contributed by atoms with van der Waals surface area (Å²) in [6.45, 7) is 4.66. The van der Waals surface area contributed by atoms with Gasteiger partial charge in [0.05, 0.1) is 12.1 Å². The van der Waals surface area contributed by atoms with Gasteiger partial charge in [0.15, 0.2) is 5.82 Å². The zero-order valence-electron chi connectivity index (χ0n) is 15.2. The zero-order valence-corrected chi connectivity index (χ0v) is 15.2. The maximum Gasteiger partial charge on any atom is 0.182 e. The summed E-state index contributed by atoms with van der Waals surface area (Å²) in [5, 5.41) is 16.1. The number of hydrogen-bond donors (Lipinski definition) is 1. The Morgan fingerprint density at radius 2 is 1.92 bits per heavy atom. The van der Waals surface area contributed by atoms with E-state index in [2.05, 4.69) is 83.2 Å². The van der Waals surface area contributed by atoms with Crippen LogP contribution in [0, 0.1) is 0 Å². The Bertz CT molecular complexity index is 954. The first-order chi connectivity index (χ1) is 12.6. The summed E-state index contributed by atoms with van der Waals surface area (Å²) in [6.07, 6.45) is 3.40. The fourth-order valence-electron chi connectivity index (χ4n) is 4.10. The fraction of sp³-hybridized carbons (Fsp3) is 0.381. The average molecular weight is 345 g/mol. The van der Waals surface area contributed by atoms with Crippen LogP contribution in [0.25, 0.3) is 11.4 Å². The summed E-state index contributed by atoms with van der Waals surface area (Å²) < 4.78 is 1.98. The average Bonchev–Trinajstić information content (AvgIpc) is 3.38. The molecule has 1 aromatic heterocycles. The van der Waals surface area contributed by atoms with Gasteiger partial charge in [0.1, 0.15) is 0 Å². The molecule has 0 saturated heterocycles. The summed E-state index contributed by atoms with van der Waals surface area (Å²) in [5.74, 6) is 0.879. The van der Waals surface area contributed by atoms with E-state index in [1.807, 2.05) is 4.68 Å². The molecule has 0 bridgehead atoms. The van der Waals surface area contributed by atoms with Crippen molar-refractivity contribution in [1.29, 1.82) is 0 Å². The SMILES string of the molecule is CC1(C)CC(c2cccc(-c3nnnn3C3CC3)c2)Nc2ccccc21.